The molecule has 1 N–H and O–H groups in total. The fourth-order valence-corrected chi connectivity index (χ4v) is 3.15. The lowest BCUT2D eigenvalue weighted by atomic mass is 9.96. The van der Waals surface area contributed by atoms with E-state index in [1.165, 1.54) is 0 Å². The number of rotatable bonds is 5. The van der Waals surface area contributed by atoms with Crippen LogP contribution in [0.3, 0.4) is 0 Å². The number of benzene rings is 3. The molecule has 24 heavy (non-hydrogen) atoms. The zero-order valence-corrected chi connectivity index (χ0v) is 14.6. The van der Waals surface area contributed by atoms with Gasteiger partial charge in [-0.15, -0.1) is 0 Å². The van der Waals surface area contributed by atoms with Gasteiger partial charge in [-0.2, -0.15) is 5.26 Å². The van der Waals surface area contributed by atoms with E-state index in [9.17, 15) is 5.26 Å². The quantitative estimate of drug-likeness (QED) is 0.647. The van der Waals surface area contributed by atoms with Gasteiger partial charge in [0.1, 0.15) is 6.04 Å². The van der Waals surface area contributed by atoms with E-state index in [4.69, 9.17) is 0 Å². The van der Waals surface area contributed by atoms with Crippen molar-refractivity contribution >= 4 is 15.9 Å². The van der Waals surface area contributed by atoms with Gasteiger partial charge in [0.05, 0.1) is 12.1 Å². The molecule has 0 saturated carbocycles. The fourth-order valence-electron chi connectivity index (χ4n) is 2.74. The van der Waals surface area contributed by atoms with E-state index < -0.39 is 6.04 Å². The van der Waals surface area contributed by atoms with Crippen molar-refractivity contribution < 1.29 is 0 Å². The molecule has 0 heterocycles. The van der Waals surface area contributed by atoms with Crippen LogP contribution in [0.5, 0.6) is 0 Å². The number of nitriles is 1. The standard InChI is InChI=1S/C21H17BrN2/c22-19-13-7-12-18(14-19)20(15-23)24-21(16-8-3-1-4-9-16)17-10-5-2-6-11-17/h1-14,20-21,24H. The van der Waals surface area contributed by atoms with Gasteiger partial charge in [-0.05, 0) is 28.8 Å². The molecule has 2 nitrogen and oxygen atoms in total. The van der Waals surface area contributed by atoms with E-state index in [1.54, 1.807) is 0 Å². The average molecular weight is 377 g/mol. The molecule has 0 radical (unpaired) electrons. The topological polar surface area (TPSA) is 35.8 Å². The maximum absolute atomic E-state index is 9.69. The molecule has 0 aromatic heterocycles. The minimum Gasteiger partial charge on any atom is -0.287 e. The molecule has 3 aromatic rings. The van der Waals surface area contributed by atoms with Crippen LogP contribution in [-0.2, 0) is 0 Å². The van der Waals surface area contributed by atoms with Crippen LogP contribution in [0.4, 0.5) is 0 Å². The van der Waals surface area contributed by atoms with Gasteiger partial charge in [-0.25, -0.2) is 0 Å². The van der Waals surface area contributed by atoms with Crippen LogP contribution < -0.4 is 5.32 Å². The Morgan fingerprint density at radius 3 is 1.79 bits per heavy atom. The molecule has 3 aromatic carbocycles. The summed E-state index contributed by atoms with van der Waals surface area (Å²) in [5.74, 6) is 0. The highest BCUT2D eigenvalue weighted by molar-refractivity contribution is 9.10. The third kappa shape index (κ3) is 3.91. The molecular formula is C21H17BrN2. The summed E-state index contributed by atoms with van der Waals surface area (Å²) in [6, 6.07) is 30.2. The third-order valence-electron chi connectivity index (χ3n) is 3.91. The Morgan fingerprint density at radius 2 is 1.29 bits per heavy atom. The maximum Gasteiger partial charge on any atom is 0.122 e. The molecule has 0 spiro atoms. The van der Waals surface area contributed by atoms with Crippen molar-refractivity contribution in [1.82, 2.24) is 5.32 Å². The van der Waals surface area contributed by atoms with Crippen LogP contribution >= 0.6 is 15.9 Å². The van der Waals surface area contributed by atoms with E-state index in [0.29, 0.717) is 0 Å². The van der Waals surface area contributed by atoms with Crippen LogP contribution in [0.1, 0.15) is 28.8 Å². The first-order valence-corrected chi connectivity index (χ1v) is 8.58. The lowest BCUT2D eigenvalue weighted by Gasteiger charge is -2.23. The van der Waals surface area contributed by atoms with Crippen molar-refractivity contribution in [2.75, 3.05) is 0 Å². The predicted molar refractivity (Wildman–Crippen MR) is 100 cm³/mol. The Labute approximate surface area is 150 Å². The summed E-state index contributed by atoms with van der Waals surface area (Å²) in [7, 11) is 0. The number of nitrogens with one attached hydrogen (secondary N) is 1. The lowest BCUT2D eigenvalue weighted by molar-refractivity contribution is 0.559. The second-order valence-corrected chi connectivity index (χ2v) is 6.45. The second kappa shape index (κ2) is 7.92. The zero-order chi connectivity index (χ0) is 16.8. The SMILES string of the molecule is N#CC(NC(c1ccccc1)c1ccccc1)c1cccc(Br)c1. The number of halogens is 1. The van der Waals surface area contributed by atoms with Crippen molar-refractivity contribution in [3.63, 3.8) is 0 Å². The highest BCUT2D eigenvalue weighted by atomic mass is 79.9. The molecule has 118 valence electrons. The first-order chi connectivity index (χ1) is 11.8. The van der Waals surface area contributed by atoms with Crippen molar-refractivity contribution in [3.8, 4) is 6.07 Å². The van der Waals surface area contributed by atoms with Gasteiger partial charge >= 0.3 is 0 Å². The van der Waals surface area contributed by atoms with Gasteiger partial charge < -0.3 is 0 Å². The fraction of sp³-hybridized carbons (Fsp3) is 0.0952. The molecule has 0 aliphatic heterocycles. The van der Waals surface area contributed by atoms with E-state index in [2.05, 4.69) is 51.6 Å². The smallest absolute Gasteiger partial charge is 0.122 e. The van der Waals surface area contributed by atoms with Crippen molar-refractivity contribution in [2.24, 2.45) is 0 Å². The molecule has 1 unspecified atom stereocenters. The summed E-state index contributed by atoms with van der Waals surface area (Å²) in [6.45, 7) is 0. The molecule has 0 aliphatic rings. The molecule has 0 aliphatic carbocycles. The highest BCUT2D eigenvalue weighted by Crippen LogP contribution is 2.26. The number of hydrogen-bond donors (Lipinski definition) is 1. The summed E-state index contributed by atoms with van der Waals surface area (Å²) in [4.78, 5) is 0. The predicted octanol–water partition coefficient (Wildman–Crippen LogP) is 5.39. The van der Waals surface area contributed by atoms with Gasteiger partial charge in [-0.3, -0.25) is 5.32 Å². The van der Waals surface area contributed by atoms with E-state index in [1.807, 2.05) is 60.7 Å². The Morgan fingerprint density at radius 1 is 0.750 bits per heavy atom. The van der Waals surface area contributed by atoms with Gasteiger partial charge in [-0.1, -0.05) is 88.7 Å². The Balaban J connectivity index is 1.96. The van der Waals surface area contributed by atoms with Crippen LogP contribution in [0.2, 0.25) is 0 Å². The Hall–Kier alpha value is -2.41. The van der Waals surface area contributed by atoms with Gasteiger partial charge in [0.15, 0.2) is 0 Å². The van der Waals surface area contributed by atoms with E-state index in [0.717, 1.165) is 21.2 Å². The molecule has 1 atom stereocenters. The molecule has 3 heteroatoms. The molecule has 0 bridgehead atoms. The monoisotopic (exact) mass is 376 g/mol. The minimum atomic E-state index is -0.395. The number of nitrogens with zero attached hydrogens (tertiary/aromatic N) is 1. The molecule has 0 saturated heterocycles. The van der Waals surface area contributed by atoms with Gasteiger partial charge in [0.2, 0.25) is 0 Å². The average Bonchev–Trinajstić information content (AvgIpc) is 2.64. The van der Waals surface area contributed by atoms with Crippen LogP contribution in [0.15, 0.2) is 89.4 Å². The van der Waals surface area contributed by atoms with Crippen molar-refractivity contribution in [2.45, 2.75) is 12.1 Å². The highest BCUT2D eigenvalue weighted by Gasteiger charge is 2.19. The molecule has 3 rings (SSSR count). The third-order valence-corrected chi connectivity index (χ3v) is 4.40. The van der Waals surface area contributed by atoms with Gasteiger partial charge in [0.25, 0.3) is 0 Å². The first kappa shape index (κ1) is 16.4. The molecule has 0 fully saturated rings. The zero-order valence-electron chi connectivity index (χ0n) is 13.1. The van der Waals surface area contributed by atoms with Crippen LogP contribution in [0.25, 0.3) is 0 Å². The Bertz CT molecular complexity index is 786. The molecule has 0 amide bonds. The van der Waals surface area contributed by atoms with E-state index in [-0.39, 0.29) is 6.04 Å². The largest absolute Gasteiger partial charge is 0.287 e. The van der Waals surface area contributed by atoms with Crippen molar-refractivity contribution in [3.05, 3.63) is 106 Å². The second-order valence-electron chi connectivity index (χ2n) is 5.54. The first-order valence-electron chi connectivity index (χ1n) is 7.79. The summed E-state index contributed by atoms with van der Waals surface area (Å²) < 4.78 is 0.970. The number of hydrogen-bond acceptors (Lipinski definition) is 2. The lowest BCUT2D eigenvalue weighted by Crippen LogP contribution is -2.26. The Kier molecular flexibility index (Phi) is 5.43. The van der Waals surface area contributed by atoms with Crippen molar-refractivity contribution in [1.29, 1.82) is 5.26 Å². The van der Waals surface area contributed by atoms with Crippen LogP contribution in [-0.4, -0.2) is 0 Å². The van der Waals surface area contributed by atoms with Gasteiger partial charge in [0, 0.05) is 4.47 Å². The summed E-state index contributed by atoms with van der Waals surface area (Å²) in [5.41, 5.74) is 3.22. The molecular weight excluding hydrogens is 360 g/mol. The van der Waals surface area contributed by atoms with E-state index >= 15 is 0 Å². The maximum atomic E-state index is 9.69. The summed E-state index contributed by atoms with van der Waals surface area (Å²) in [5, 5.41) is 13.2. The minimum absolute atomic E-state index is 0.0453. The normalized spacial score (nSPS) is 11.9. The summed E-state index contributed by atoms with van der Waals surface area (Å²) >= 11 is 3.48. The summed E-state index contributed by atoms with van der Waals surface area (Å²) in [6.07, 6.45) is 0. The van der Waals surface area contributed by atoms with Crippen LogP contribution in [0, 0.1) is 11.3 Å².